The average Bonchev–Trinajstić information content (AvgIpc) is 2.50. The highest BCUT2D eigenvalue weighted by Crippen LogP contribution is 2.33. The zero-order chi connectivity index (χ0) is 13.8. The minimum Gasteiger partial charge on any atom is -0.367 e. The summed E-state index contributed by atoms with van der Waals surface area (Å²) in [4.78, 5) is 7.14. The molecule has 0 bridgehead atoms. The first-order valence-electron chi connectivity index (χ1n) is 8.26. The van der Waals surface area contributed by atoms with Gasteiger partial charge in [0.15, 0.2) is 0 Å². The van der Waals surface area contributed by atoms with Crippen LogP contribution in [0.15, 0.2) is 18.3 Å². The van der Waals surface area contributed by atoms with Gasteiger partial charge in [0.25, 0.3) is 0 Å². The third-order valence-electron chi connectivity index (χ3n) is 4.91. The van der Waals surface area contributed by atoms with Crippen LogP contribution in [0.3, 0.4) is 0 Å². The lowest BCUT2D eigenvalue weighted by Gasteiger charge is -2.34. The second-order valence-corrected chi connectivity index (χ2v) is 6.41. The minimum absolute atomic E-state index is 0.545. The van der Waals surface area contributed by atoms with Crippen molar-refractivity contribution in [2.75, 3.05) is 18.9 Å². The molecule has 0 unspecified atom stereocenters. The van der Waals surface area contributed by atoms with Crippen molar-refractivity contribution in [3.63, 3.8) is 0 Å². The highest BCUT2D eigenvalue weighted by molar-refractivity contribution is 5.46. The molecular formula is C17H27N3. The predicted octanol–water partition coefficient (Wildman–Crippen LogP) is 3.98. The summed E-state index contributed by atoms with van der Waals surface area (Å²) in [6, 6.07) is 5.53. The van der Waals surface area contributed by atoms with Crippen molar-refractivity contribution in [2.24, 2.45) is 0 Å². The lowest BCUT2D eigenvalue weighted by Crippen LogP contribution is -2.31. The van der Waals surface area contributed by atoms with Crippen LogP contribution in [0.2, 0.25) is 0 Å². The van der Waals surface area contributed by atoms with Gasteiger partial charge in [0.1, 0.15) is 5.82 Å². The fourth-order valence-electron chi connectivity index (χ4n) is 3.72. The maximum atomic E-state index is 4.64. The van der Waals surface area contributed by atoms with Crippen molar-refractivity contribution >= 4 is 5.82 Å². The largest absolute Gasteiger partial charge is 0.367 e. The van der Waals surface area contributed by atoms with Gasteiger partial charge in [-0.3, -0.25) is 4.90 Å². The van der Waals surface area contributed by atoms with Gasteiger partial charge < -0.3 is 5.32 Å². The van der Waals surface area contributed by atoms with E-state index < -0.39 is 0 Å². The van der Waals surface area contributed by atoms with Crippen molar-refractivity contribution in [3.05, 3.63) is 23.9 Å². The molecule has 1 aliphatic heterocycles. The summed E-state index contributed by atoms with van der Waals surface area (Å²) in [5, 5.41) is 3.73. The van der Waals surface area contributed by atoms with Crippen molar-refractivity contribution in [1.82, 2.24) is 9.88 Å². The number of piperidine rings is 1. The van der Waals surface area contributed by atoms with Gasteiger partial charge in [0, 0.05) is 23.8 Å². The van der Waals surface area contributed by atoms with Crippen LogP contribution in [0.1, 0.15) is 63.0 Å². The van der Waals surface area contributed by atoms with E-state index in [1.807, 2.05) is 6.20 Å². The molecule has 1 aromatic rings. The predicted molar refractivity (Wildman–Crippen MR) is 84.0 cm³/mol. The first-order chi connectivity index (χ1) is 9.84. The Morgan fingerprint density at radius 2 is 1.90 bits per heavy atom. The molecule has 1 atom stereocenters. The summed E-state index contributed by atoms with van der Waals surface area (Å²) >= 11 is 0. The maximum Gasteiger partial charge on any atom is 0.130 e. The van der Waals surface area contributed by atoms with Gasteiger partial charge >= 0.3 is 0 Å². The summed E-state index contributed by atoms with van der Waals surface area (Å²) in [6.45, 7) is 1.21. The molecule has 20 heavy (non-hydrogen) atoms. The number of likely N-dealkylation sites (tertiary alicyclic amines) is 1. The third-order valence-corrected chi connectivity index (χ3v) is 4.91. The molecule has 0 spiro atoms. The number of anilines is 1. The molecule has 0 amide bonds. The fourth-order valence-corrected chi connectivity index (χ4v) is 3.72. The van der Waals surface area contributed by atoms with Gasteiger partial charge in [-0.25, -0.2) is 4.98 Å². The summed E-state index contributed by atoms with van der Waals surface area (Å²) in [7, 11) is 2.25. The number of nitrogens with zero attached hydrogens (tertiary/aromatic N) is 2. The summed E-state index contributed by atoms with van der Waals surface area (Å²) in [5.41, 5.74) is 1.40. The van der Waals surface area contributed by atoms with Crippen LogP contribution in [0.5, 0.6) is 0 Å². The van der Waals surface area contributed by atoms with Crippen molar-refractivity contribution in [1.29, 1.82) is 0 Å². The Bertz CT molecular complexity index is 426. The Kier molecular flexibility index (Phi) is 4.56. The number of hydrogen-bond donors (Lipinski definition) is 1. The summed E-state index contributed by atoms with van der Waals surface area (Å²) in [6.07, 6.45) is 12.6. The number of nitrogens with one attached hydrogen (secondary N) is 1. The molecule has 1 saturated carbocycles. The zero-order valence-corrected chi connectivity index (χ0v) is 12.6. The van der Waals surface area contributed by atoms with Crippen LogP contribution in [0, 0.1) is 0 Å². The summed E-state index contributed by atoms with van der Waals surface area (Å²) < 4.78 is 0. The van der Waals surface area contributed by atoms with E-state index in [-0.39, 0.29) is 0 Å². The minimum atomic E-state index is 0.545. The van der Waals surface area contributed by atoms with Crippen molar-refractivity contribution in [3.8, 4) is 0 Å². The molecule has 110 valence electrons. The molecular weight excluding hydrogens is 246 g/mol. The van der Waals surface area contributed by atoms with Gasteiger partial charge in [-0.2, -0.15) is 0 Å². The van der Waals surface area contributed by atoms with E-state index in [0.29, 0.717) is 12.1 Å². The first-order valence-corrected chi connectivity index (χ1v) is 8.26. The van der Waals surface area contributed by atoms with Gasteiger partial charge in [-0.1, -0.05) is 31.7 Å². The summed E-state index contributed by atoms with van der Waals surface area (Å²) in [5.74, 6) is 1.14. The Hall–Kier alpha value is -1.09. The molecule has 1 N–H and O–H groups in total. The second kappa shape index (κ2) is 6.57. The lowest BCUT2D eigenvalue weighted by atomic mass is 9.93. The molecule has 1 aromatic heterocycles. The average molecular weight is 273 g/mol. The Morgan fingerprint density at radius 3 is 2.70 bits per heavy atom. The molecule has 2 fully saturated rings. The van der Waals surface area contributed by atoms with E-state index in [1.165, 1.54) is 63.5 Å². The van der Waals surface area contributed by atoms with Crippen LogP contribution in [-0.2, 0) is 0 Å². The monoisotopic (exact) mass is 273 g/mol. The Labute approximate surface area is 122 Å². The second-order valence-electron chi connectivity index (χ2n) is 6.41. The molecule has 3 rings (SSSR count). The normalized spacial score (nSPS) is 25.6. The van der Waals surface area contributed by atoms with E-state index in [9.17, 15) is 0 Å². The molecule has 3 heteroatoms. The van der Waals surface area contributed by atoms with Gasteiger partial charge in [0.05, 0.1) is 0 Å². The topological polar surface area (TPSA) is 28.2 Å². The number of aromatic nitrogens is 1. The van der Waals surface area contributed by atoms with E-state index in [2.05, 4.69) is 34.4 Å². The molecule has 3 nitrogen and oxygen atoms in total. The lowest BCUT2D eigenvalue weighted by molar-refractivity contribution is 0.187. The molecule has 2 heterocycles. The maximum absolute atomic E-state index is 4.64. The standard InChI is InChI=1S/C17H27N3/c1-20-13-6-5-11-16(20)15-10-7-12-18-17(15)19-14-8-3-2-4-9-14/h7,10,12,14,16H,2-6,8-9,11,13H2,1H3,(H,18,19)/t16-/m0/s1. The van der Waals surface area contributed by atoms with Crippen molar-refractivity contribution < 1.29 is 0 Å². The molecule has 0 radical (unpaired) electrons. The Balaban J connectivity index is 1.76. The van der Waals surface area contributed by atoms with E-state index in [4.69, 9.17) is 0 Å². The molecule has 1 saturated heterocycles. The highest BCUT2D eigenvalue weighted by atomic mass is 15.1. The van der Waals surface area contributed by atoms with Crippen LogP contribution in [-0.4, -0.2) is 29.5 Å². The highest BCUT2D eigenvalue weighted by Gasteiger charge is 2.24. The first kappa shape index (κ1) is 13.9. The number of pyridine rings is 1. The SMILES string of the molecule is CN1CCCC[C@H]1c1cccnc1NC1CCCCC1. The van der Waals surface area contributed by atoms with E-state index in [0.717, 1.165) is 5.82 Å². The fraction of sp³-hybridized carbons (Fsp3) is 0.706. The molecule has 2 aliphatic rings. The van der Waals surface area contributed by atoms with Crippen LogP contribution in [0.4, 0.5) is 5.82 Å². The van der Waals surface area contributed by atoms with E-state index >= 15 is 0 Å². The number of rotatable bonds is 3. The smallest absolute Gasteiger partial charge is 0.130 e. The quantitative estimate of drug-likeness (QED) is 0.902. The third kappa shape index (κ3) is 3.14. The van der Waals surface area contributed by atoms with Crippen molar-refractivity contribution in [2.45, 2.75) is 63.5 Å². The molecule has 1 aliphatic carbocycles. The van der Waals surface area contributed by atoms with E-state index in [1.54, 1.807) is 0 Å². The zero-order valence-electron chi connectivity index (χ0n) is 12.6. The number of hydrogen-bond acceptors (Lipinski definition) is 3. The van der Waals surface area contributed by atoms with Crippen LogP contribution < -0.4 is 5.32 Å². The van der Waals surface area contributed by atoms with Gasteiger partial charge in [0.2, 0.25) is 0 Å². The van der Waals surface area contributed by atoms with Gasteiger partial charge in [-0.15, -0.1) is 0 Å². The van der Waals surface area contributed by atoms with Gasteiger partial charge in [-0.05, 0) is 45.3 Å². The van der Waals surface area contributed by atoms with Crippen LogP contribution in [0.25, 0.3) is 0 Å². The Morgan fingerprint density at radius 1 is 1.10 bits per heavy atom. The van der Waals surface area contributed by atoms with Crippen LogP contribution >= 0.6 is 0 Å². The molecule has 0 aromatic carbocycles.